The number of hydrogen-bond acceptors (Lipinski definition) is 5. The first-order chi connectivity index (χ1) is 14.1. The number of ether oxygens (including phenoxy) is 1. The summed E-state index contributed by atoms with van der Waals surface area (Å²) in [6, 6.07) is 19.2. The average Bonchev–Trinajstić information content (AvgIpc) is 2.74. The van der Waals surface area contributed by atoms with Gasteiger partial charge in [0.25, 0.3) is 5.91 Å². The second kappa shape index (κ2) is 8.31. The number of aromatic nitrogens is 2. The van der Waals surface area contributed by atoms with E-state index in [0.717, 1.165) is 22.7 Å². The Morgan fingerprint density at radius 2 is 1.86 bits per heavy atom. The van der Waals surface area contributed by atoms with Crippen LogP contribution >= 0.6 is 0 Å². The summed E-state index contributed by atoms with van der Waals surface area (Å²) in [4.78, 5) is 25.6. The molecular formula is C23H24N4O2. The lowest BCUT2D eigenvalue weighted by Crippen LogP contribution is -2.54. The summed E-state index contributed by atoms with van der Waals surface area (Å²) in [6.45, 7) is 6.16. The topological polar surface area (TPSA) is 58.6 Å². The number of carbonyl (C=O) groups is 1. The molecule has 0 radical (unpaired) electrons. The average molecular weight is 388 g/mol. The van der Waals surface area contributed by atoms with Crippen LogP contribution in [0.1, 0.15) is 22.8 Å². The lowest BCUT2D eigenvalue weighted by atomic mass is 10.1. The molecule has 29 heavy (non-hydrogen) atoms. The predicted molar refractivity (Wildman–Crippen MR) is 112 cm³/mol. The van der Waals surface area contributed by atoms with E-state index in [1.54, 1.807) is 0 Å². The van der Waals surface area contributed by atoms with Crippen molar-refractivity contribution in [1.29, 1.82) is 0 Å². The van der Waals surface area contributed by atoms with Gasteiger partial charge in [-0.15, -0.1) is 0 Å². The molecule has 2 heterocycles. The lowest BCUT2D eigenvalue weighted by molar-refractivity contribution is 0.0673. The Hall–Kier alpha value is -3.41. The van der Waals surface area contributed by atoms with Gasteiger partial charge in [-0.3, -0.25) is 4.79 Å². The van der Waals surface area contributed by atoms with Crippen LogP contribution in [0.15, 0.2) is 67.0 Å². The third-order valence-electron chi connectivity index (χ3n) is 5.07. The Kier molecular flexibility index (Phi) is 5.42. The second-order valence-corrected chi connectivity index (χ2v) is 7.29. The van der Waals surface area contributed by atoms with Crippen molar-refractivity contribution in [3.63, 3.8) is 0 Å². The quantitative estimate of drug-likeness (QED) is 0.678. The number of aryl methyl sites for hydroxylation is 1. The van der Waals surface area contributed by atoms with E-state index in [1.165, 1.54) is 6.33 Å². The molecule has 0 spiro atoms. The maximum Gasteiger partial charge on any atom is 0.254 e. The van der Waals surface area contributed by atoms with Crippen LogP contribution in [0.5, 0.6) is 11.6 Å². The zero-order valence-electron chi connectivity index (χ0n) is 16.7. The number of hydrogen-bond donors (Lipinski definition) is 0. The Morgan fingerprint density at radius 3 is 2.62 bits per heavy atom. The molecular weight excluding hydrogens is 364 g/mol. The highest BCUT2D eigenvalue weighted by Crippen LogP contribution is 2.25. The van der Waals surface area contributed by atoms with Gasteiger partial charge in [-0.2, -0.15) is 0 Å². The van der Waals surface area contributed by atoms with Crippen LogP contribution in [0.2, 0.25) is 0 Å². The molecule has 3 aromatic rings. The van der Waals surface area contributed by atoms with Crippen molar-refractivity contribution < 1.29 is 9.53 Å². The Labute approximate surface area is 170 Å². The van der Waals surface area contributed by atoms with Gasteiger partial charge in [-0.05, 0) is 43.7 Å². The SMILES string of the molecule is Cc1cccc(Oc2cc(N3CCN(C(=O)c4ccccc4)[C@H](C)C3)ncn2)c1. The Bertz CT molecular complexity index is 993. The first kappa shape index (κ1) is 18.9. The van der Waals surface area contributed by atoms with Crippen molar-refractivity contribution in [3.05, 3.63) is 78.1 Å². The largest absolute Gasteiger partial charge is 0.439 e. The normalized spacial score (nSPS) is 16.6. The third-order valence-corrected chi connectivity index (χ3v) is 5.07. The van der Waals surface area contributed by atoms with E-state index < -0.39 is 0 Å². The van der Waals surface area contributed by atoms with E-state index in [9.17, 15) is 4.79 Å². The van der Waals surface area contributed by atoms with E-state index in [0.29, 0.717) is 25.5 Å². The molecule has 0 saturated carbocycles. The fourth-order valence-electron chi connectivity index (χ4n) is 3.57. The van der Waals surface area contributed by atoms with Gasteiger partial charge in [-0.25, -0.2) is 9.97 Å². The van der Waals surface area contributed by atoms with Crippen molar-refractivity contribution in [2.24, 2.45) is 0 Å². The maximum absolute atomic E-state index is 12.8. The molecule has 1 saturated heterocycles. The standard InChI is InChI=1S/C23H24N4O2/c1-17-7-6-10-20(13-17)29-22-14-21(24-16-25-22)26-11-12-27(18(2)15-26)23(28)19-8-4-3-5-9-19/h3-10,13-14,16,18H,11-12,15H2,1-2H3/t18-/m1/s1. The number of nitrogens with zero attached hydrogens (tertiary/aromatic N) is 4. The van der Waals surface area contributed by atoms with E-state index in [2.05, 4.69) is 21.8 Å². The van der Waals surface area contributed by atoms with E-state index in [1.807, 2.05) is 72.5 Å². The molecule has 0 N–H and O–H groups in total. The van der Waals surface area contributed by atoms with Gasteiger partial charge in [0.2, 0.25) is 5.88 Å². The summed E-state index contributed by atoms with van der Waals surface area (Å²) in [5.41, 5.74) is 1.86. The van der Waals surface area contributed by atoms with Gasteiger partial charge < -0.3 is 14.5 Å². The van der Waals surface area contributed by atoms with Crippen LogP contribution in [0.25, 0.3) is 0 Å². The van der Waals surface area contributed by atoms with Crippen molar-refractivity contribution in [2.45, 2.75) is 19.9 Å². The molecule has 0 unspecified atom stereocenters. The van der Waals surface area contributed by atoms with Crippen molar-refractivity contribution in [3.8, 4) is 11.6 Å². The van der Waals surface area contributed by atoms with Crippen molar-refractivity contribution in [2.75, 3.05) is 24.5 Å². The van der Waals surface area contributed by atoms with Crippen molar-refractivity contribution >= 4 is 11.7 Å². The summed E-state index contributed by atoms with van der Waals surface area (Å²) in [6.07, 6.45) is 1.52. The van der Waals surface area contributed by atoms with Gasteiger partial charge in [0.15, 0.2) is 0 Å². The maximum atomic E-state index is 12.8. The molecule has 1 atom stereocenters. The summed E-state index contributed by atoms with van der Waals surface area (Å²) in [7, 11) is 0. The summed E-state index contributed by atoms with van der Waals surface area (Å²) in [5.74, 6) is 2.14. The monoisotopic (exact) mass is 388 g/mol. The van der Waals surface area contributed by atoms with Crippen LogP contribution in [0.4, 0.5) is 5.82 Å². The minimum Gasteiger partial charge on any atom is -0.439 e. The highest BCUT2D eigenvalue weighted by Gasteiger charge is 2.28. The Morgan fingerprint density at radius 1 is 1.03 bits per heavy atom. The summed E-state index contributed by atoms with van der Waals surface area (Å²) < 4.78 is 5.89. The molecule has 4 rings (SSSR count). The highest BCUT2D eigenvalue weighted by molar-refractivity contribution is 5.94. The summed E-state index contributed by atoms with van der Waals surface area (Å²) in [5, 5.41) is 0. The van der Waals surface area contributed by atoms with Crippen LogP contribution in [0, 0.1) is 6.92 Å². The second-order valence-electron chi connectivity index (χ2n) is 7.29. The number of rotatable bonds is 4. The van der Waals surface area contributed by atoms with Crippen molar-refractivity contribution in [1.82, 2.24) is 14.9 Å². The van der Waals surface area contributed by atoms with E-state index in [-0.39, 0.29) is 11.9 Å². The fraction of sp³-hybridized carbons (Fsp3) is 0.261. The van der Waals surface area contributed by atoms with Crippen LogP contribution in [-0.2, 0) is 0 Å². The number of carbonyl (C=O) groups excluding carboxylic acids is 1. The van der Waals surface area contributed by atoms with Gasteiger partial charge in [0.1, 0.15) is 17.9 Å². The predicted octanol–water partition coefficient (Wildman–Crippen LogP) is 3.93. The number of anilines is 1. The zero-order chi connectivity index (χ0) is 20.2. The molecule has 148 valence electrons. The van der Waals surface area contributed by atoms with Gasteiger partial charge in [0.05, 0.1) is 0 Å². The smallest absolute Gasteiger partial charge is 0.254 e. The molecule has 6 nitrogen and oxygen atoms in total. The zero-order valence-corrected chi connectivity index (χ0v) is 16.7. The molecule has 1 aliphatic heterocycles. The molecule has 1 aromatic heterocycles. The number of amides is 1. The van der Waals surface area contributed by atoms with Gasteiger partial charge >= 0.3 is 0 Å². The molecule has 0 aliphatic carbocycles. The third kappa shape index (κ3) is 4.37. The molecule has 2 aromatic carbocycles. The Balaban J connectivity index is 1.44. The van der Waals surface area contributed by atoms with Gasteiger partial charge in [0, 0.05) is 37.3 Å². The van der Waals surface area contributed by atoms with E-state index in [4.69, 9.17) is 4.74 Å². The number of benzene rings is 2. The van der Waals surface area contributed by atoms with Gasteiger partial charge in [-0.1, -0.05) is 30.3 Å². The summed E-state index contributed by atoms with van der Waals surface area (Å²) >= 11 is 0. The molecule has 1 aliphatic rings. The molecule has 1 amide bonds. The fourth-order valence-corrected chi connectivity index (χ4v) is 3.57. The molecule has 0 bridgehead atoms. The van der Waals surface area contributed by atoms with Crippen LogP contribution in [-0.4, -0.2) is 46.5 Å². The minimum absolute atomic E-state index is 0.0731. The molecule has 1 fully saturated rings. The van der Waals surface area contributed by atoms with E-state index >= 15 is 0 Å². The number of piperazine rings is 1. The van der Waals surface area contributed by atoms with Crippen LogP contribution < -0.4 is 9.64 Å². The van der Waals surface area contributed by atoms with Crippen LogP contribution in [0.3, 0.4) is 0 Å². The first-order valence-electron chi connectivity index (χ1n) is 9.78. The molecule has 6 heteroatoms. The highest BCUT2D eigenvalue weighted by atomic mass is 16.5. The first-order valence-corrected chi connectivity index (χ1v) is 9.78. The lowest BCUT2D eigenvalue weighted by Gasteiger charge is -2.40. The minimum atomic E-state index is 0.0731.